The summed E-state index contributed by atoms with van der Waals surface area (Å²) in [5.41, 5.74) is 9.11. The molecular formula is C46H41F2N11O7. The van der Waals surface area contributed by atoms with E-state index >= 15 is 0 Å². The van der Waals surface area contributed by atoms with Crippen molar-refractivity contribution in [1.82, 2.24) is 40.2 Å². The zero-order chi connectivity index (χ0) is 46.6. The molecule has 0 atom stereocenters. The second kappa shape index (κ2) is 21.1. The maximum atomic E-state index is 13.8. The number of pyridine rings is 2. The van der Waals surface area contributed by atoms with Gasteiger partial charge in [0.25, 0.3) is 5.69 Å². The van der Waals surface area contributed by atoms with Crippen molar-refractivity contribution in [2.45, 2.75) is 26.1 Å². The molecule has 2 aliphatic heterocycles. The number of nitrogens with one attached hydrogen (secondary N) is 1. The average Bonchev–Trinajstić information content (AvgIpc) is 3.29. The smallest absolute Gasteiger partial charge is 0.415 e. The Morgan fingerprint density at radius 1 is 0.667 bits per heavy atom. The summed E-state index contributed by atoms with van der Waals surface area (Å²) in [6.45, 7) is 5.23. The monoisotopic (exact) mass is 897 g/mol. The molecule has 0 saturated carbocycles. The summed E-state index contributed by atoms with van der Waals surface area (Å²) < 4.78 is 44.3. The average molecular weight is 898 g/mol. The highest BCUT2D eigenvalue weighted by Gasteiger charge is 2.34. The van der Waals surface area contributed by atoms with Crippen LogP contribution in [0.5, 0.6) is 17.5 Å². The molecule has 6 heterocycles. The Kier molecular flexibility index (Phi) is 14.5. The molecule has 9 rings (SSSR count). The molecule has 3 aromatic carbocycles. The highest BCUT2D eigenvalue weighted by Crippen LogP contribution is 2.27. The van der Waals surface area contributed by atoms with Gasteiger partial charge in [-0.15, -0.1) is 10.2 Å². The van der Waals surface area contributed by atoms with Crippen LogP contribution in [0.25, 0.3) is 22.3 Å². The van der Waals surface area contributed by atoms with Crippen LogP contribution >= 0.6 is 0 Å². The molecule has 3 N–H and O–H groups in total. The second-order valence-electron chi connectivity index (χ2n) is 14.7. The number of aromatic nitrogens is 6. The van der Waals surface area contributed by atoms with Crippen LogP contribution in [-0.4, -0.2) is 95.6 Å². The van der Waals surface area contributed by atoms with Crippen molar-refractivity contribution in [2.75, 3.05) is 37.2 Å². The molecule has 18 nitrogen and oxygen atoms in total. The van der Waals surface area contributed by atoms with Crippen molar-refractivity contribution < 1.29 is 37.5 Å². The zero-order valence-corrected chi connectivity index (χ0v) is 35.4. The van der Waals surface area contributed by atoms with E-state index in [-0.39, 0.29) is 41.3 Å². The number of ether oxygens (including phenoxy) is 3. The first-order valence-corrected chi connectivity index (χ1v) is 20.3. The number of hydrogen-bond acceptors (Lipinski definition) is 14. The van der Waals surface area contributed by atoms with Gasteiger partial charge in [-0.3, -0.25) is 15.4 Å². The van der Waals surface area contributed by atoms with E-state index < -0.39 is 11.0 Å². The molecule has 4 aromatic heterocycles. The molecule has 336 valence electrons. The van der Waals surface area contributed by atoms with Crippen LogP contribution in [-0.2, 0) is 0 Å². The number of nitrogen functional groups attached to an aromatic ring is 1. The highest BCUT2D eigenvalue weighted by atomic mass is 19.1. The van der Waals surface area contributed by atoms with E-state index in [0.29, 0.717) is 71.8 Å². The topological polar surface area (TPSA) is 227 Å². The fourth-order valence-electron chi connectivity index (χ4n) is 6.16. The van der Waals surface area contributed by atoms with Crippen LogP contribution in [0.4, 0.5) is 35.7 Å². The van der Waals surface area contributed by atoms with Gasteiger partial charge in [0.2, 0.25) is 11.8 Å². The Morgan fingerprint density at radius 3 is 1.62 bits per heavy atom. The maximum Gasteiger partial charge on any atom is 0.415 e. The minimum absolute atomic E-state index is 0.0827. The molecule has 0 radical (unpaired) electrons. The SMILES string of the molecule is Cc1ccc(N)nn1.Cc1ccc(NC(=O)N2CC(Oc3ccc(-c4ccccc4F)cn3)C2)nn1.O=C(Oc1ccc([N+](=O)[O-])cc1)N1CC(Oc2ccc(-c3ccccc3F)cn2)C1. The third-order valence-corrected chi connectivity index (χ3v) is 9.76. The first-order valence-electron chi connectivity index (χ1n) is 20.3. The number of hydrogen-bond donors (Lipinski definition) is 2. The number of likely N-dealkylation sites (tertiary alicyclic amines) is 2. The Bertz CT molecular complexity index is 2720. The quantitative estimate of drug-likeness (QED) is 0.105. The Hall–Kier alpha value is -8.68. The number of urea groups is 1. The lowest BCUT2D eigenvalue weighted by Gasteiger charge is -2.38. The van der Waals surface area contributed by atoms with Crippen LogP contribution in [0.15, 0.2) is 134 Å². The van der Waals surface area contributed by atoms with E-state index in [4.69, 9.17) is 19.9 Å². The number of benzene rings is 3. The van der Waals surface area contributed by atoms with Gasteiger partial charge in [-0.1, -0.05) is 36.4 Å². The highest BCUT2D eigenvalue weighted by molar-refractivity contribution is 5.88. The number of carbonyl (C=O) groups excluding carboxylic acids is 2. The van der Waals surface area contributed by atoms with Crippen molar-refractivity contribution >= 4 is 29.4 Å². The van der Waals surface area contributed by atoms with Gasteiger partial charge in [0.1, 0.15) is 35.4 Å². The predicted octanol–water partition coefficient (Wildman–Crippen LogP) is 7.71. The van der Waals surface area contributed by atoms with Crippen LogP contribution in [0.3, 0.4) is 0 Å². The number of aryl methyl sites for hydroxylation is 2. The van der Waals surface area contributed by atoms with E-state index in [1.807, 2.05) is 19.9 Å². The van der Waals surface area contributed by atoms with Gasteiger partial charge in [-0.2, -0.15) is 10.2 Å². The molecule has 0 aliphatic carbocycles. The summed E-state index contributed by atoms with van der Waals surface area (Å²) in [5.74, 6) is 1.30. The predicted molar refractivity (Wildman–Crippen MR) is 237 cm³/mol. The molecule has 20 heteroatoms. The van der Waals surface area contributed by atoms with Crippen molar-refractivity contribution in [2.24, 2.45) is 0 Å². The van der Waals surface area contributed by atoms with Gasteiger partial charge >= 0.3 is 12.1 Å². The van der Waals surface area contributed by atoms with Gasteiger partial charge in [0, 0.05) is 58.9 Å². The number of carbonyl (C=O) groups is 2. The number of rotatable bonds is 9. The van der Waals surface area contributed by atoms with E-state index in [1.54, 1.807) is 90.0 Å². The van der Waals surface area contributed by atoms with E-state index in [0.717, 1.165) is 11.4 Å². The lowest BCUT2D eigenvalue weighted by atomic mass is 10.1. The number of non-ortho nitro benzene ring substituents is 1. The van der Waals surface area contributed by atoms with Gasteiger partial charge in [0.15, 0.2) is 5.82 Å². The standard InChI is InChI=1S/C21H16FN3O5.C20H18FN5O2.C5H7N3/c22-19-4-2-1-3-18(19)14-5-10-20(23-11-14)29-17-12-24(13-17)21(26)30-16-8-6-15(7-9-16)25(27)28;1-13-6-8-18(25-24-13)23-20(27)26-11-15(12-26)28-19-9-7-14(10-22-19)16-4-2-3-5-17(16)21;1-4-2-3-5(6)8-7-4/h1-11,17H,12-13H2;2-10,15H,11-12H2,1H3,(H,23,25,27);2-3H,1H3,(H2,6,8). The Balaban J connectivity index is 0.000000168. The molecule has 0 unspecified atom stereocenters. The molecule has 7 aromatic rings. The molecule has 0 spiro atoms. The first kappa shape index (κ1) is 45.3. The fraction of sp³-hybridized carbons (Fsp3) is 0.174. The number of nitro groups is 1. The van der Waals surface area contributed by atoms with Gasteiger partial charge in [-0.25, -0.2) is 28.3 Å². The summed E-state index contributed by atoms with van der Waals surface area (Å²) in [5, 5.41) is 28.5. The van der Waals surface area contributed by atoms with E-state index in [1.165, 1.54) is 47.5 Å². The number of nitrogens with two attached hydrogens (primary N) is 1. The summed E-state index contributed by atoms with van der Waals surface area (Å²) in [4.78, 5) is 45.9. The second-order valence-corrected chi connectivity index (χ2v) is 14.7. The van der Waals surface area contributed by atoms with Gasteiger partial charge < -0.3 is 29.7 Å². The molecule has 2 aliphatic rings. The lowest BCUT2D eigenvalue weighted by Crippen LogP contribution is -2.57. The summed E-state index contributed by atoms with van der Waals surface area (Å²) >= 11 is 0. The van der Waals surface area contributed by atoms with Crippen LogP contribution < -0.4 is 25.3 Å². The van der Waals surface area contributed by atoms with E-state index in [9.17, 15) is 28.5 Å². The lowest BCUT2D eigenvalue weighted by molar-refractivity contribution is -0.384. The number of nitrogens with zero attached hydrogens (tertiary/aromatic N) is 9. The van der Waals surface area contributed by atoms with Crippen LogP contribution in [0.2, 0.25) is 0 Å². The van der Waals surface area contributed by atoms with Gasteiger partial charge in [-0.05, 0) is 74.5 Å². The third-order valence-electron chi connectivity index (χ3n) is 9.76. The Labute approximate surface area is 376 Å². The molecule has 2 fully saturated rings. The number of nitro benzene ring substituents is 1. The van der Waals surface area contributed by atoms with Crippen molar-refractivity contribution in [3.63, 3.8) is 0 Å². The number of halogens is 2. The van der Waals surface area contributed by atoms with Crippen molar-refractivity contribution in [3.8, 4) is 39.8 Å². The summed E-state index contributed by atoms with van der Waals surface area (Å²) in [6, 6.07) is 31.9. The van der Waals surface area contributed by atoms with E-state index in [2.05, 4.69) is 35.7 Å². The molecule has 66 heavy (non-hydrogen) atoms. The molecule has 0 bridgehead atoms. The third kappa shape index (κ3) is 12.3. The largest absolute Gasteiger partial charge is 0.471 e. The number of amides is 3. The number of anilines is 2. The molecular weight excluding hydrogens is 857 g/mol. The molecule has 2 saturated heterocycles. The normalized spacial score (nSPS) is 13.0. The summed E-state index contributed by atoms with van der Waals surface area (Å²) in [6.07, 6.45) is 2.18. The molecule has 3 amide bonds. The van der Waals surface area contributed by atoms with Crippen LogP contribution in [0.1, 0.15) is 11.4 Å². The van der Waals surface area contributed by atoms with Crippen molar-refractivity contribution in [1.29, 1.82) is 0 Å². The van der Waals surface area contributed by atoms with Crippen molar-refractivity contribution in [3.05, 3.63) is 167 Å². The van der Waals surface area contributed by atoms with Crippen LogP contribution in [0, 0.1) is 35.6 Å². The first-order chi connectivity index (χ1) is 31.9. The summed E-state index contributed by atoms with van der Waals surface area (Å²) in [7, 11) is 0. The minimum atomic E-state index is -0.563. The Morgan fingerprint density at radius 2 is 1.18 bits per heavy atom. The maximum absolute atomic E-state index is 13.8. The zero-order valence-electron chi connectivity index (χ0n) is 35.4. The van der Waals surface area contributed by atoms with Gasteiger partial charge in [0.05, 0.1) is 42.5 Å². The fourth-order valence-corrected chi connectivity index (χ4v) is 6.16. The minimum Gasteiger partial charge on any atom is -0.471 e.